The molecule has 0 bridgehead atoms. The van der Waals surface area contributed by atoms with Crippen molar-refractivity contribution in [2.45, 2.75) is 31.7 Å². The Bertz CT molecular complexity index is 449. The summed E-state index contributed by atoms with van der Waals surface area (Å²) in [6, 6.07) is 6.42. The fourth-order valence-electron chi connectivity index (χ4n) is 2.56. The van der Waals surface area contributed by atoms with Crippen LogP contribution in [0.15, 0.2) is 24.3 Å². The highest BCUT2D eigenvalue weighted by molar-refractivity contribution is 5.80. The minimum absolute atomic E-state index is 0.0365. The van der Waals surface area contributed by atoms with Gasteiger partial charge in [-0.1, -0.05) is 18.2 Å². The highest BCUT2D eigenvalue weighted by atomic mass is 19.1. The van der Waals surface area contributed by atoms with Gasteiger partial charge in [-0.15, -0.1) is 0 Å². The number of likely N-dealkylation sites (tertiary alicyclic amines) is 1. The fraction of sp³-hybridized carbons (Fsp3) is 0.500. The van der Waals surface area contributed by atoms with Crippen molar-refractivity contribution < 1.29 is 9.18 Å². The number of rotatable bonds is 3. The Labute approximate surface area is 107 Å². The topological polar surface area (TPSA) is 46.3 Å². The molecule has 1 aliphatic heterocycles. The van der Waals surface area contributed by atoms with E-state index in [0.717, 1.165) is 19.4 Å². The number of halogens is 1. The summed E-state index contributed by atoms with van der Waals surface area (Å²) in [5.41, 5.74) is 5.94. The van der Waals surface area contributed by atoms with Gasteiger partial charge in [-0.25, -0.2) is 4.39 Å². The van der Waals surface area contributed by atoms with Gasteiger partial charge in [0.25, 0.3) is 0 Å². The molecule has 98 valence electrons. The van der Waals surface area contributed by atoms with E-state index in [-0.39, 0.29) is 23.7 Å². The first kappa shape index (κ1) is 13.0. The van der Waals surface area contributed by atoms with Crippen molar-refractivity contribution in [3.63, 3.8) is 0 Å². The van der Waals surface area contributed by atoms with E-state index in [4.69, 9.17) is 5.73 Å². The molecule has 0 saturated carbocycles. The third-order valence-corrected chi connectivity index (χ3v) is 3.79. The molecule has 2 N–H and O–H groups in total. The van der Waals surface area contributed by atoms with Crippen LogP contribution < -0.4 is 5.73 Å². The molecular weight excluding hydrogens is 231 g/mol. The van der Waals surface area contributed by atoms with Crippen molar-refractivity contribution in [3.05, 3.63) is 35.6 Å². The number of amides is 1. The second kappa shape index (κ2) is 5.06. The molecule has 2 rings (SSSR count). The van der Waals surface area contributed by atoms with Crippen LogP contribution in [0.3, 0.4) is 0 Å². The molecule has 1 amide bonds. The lowest BCUT2D eigenvalue weighted by atomic mass is 9.98. The molecule has 0 aliphatic carbocycles. The first-order valence-corrected chi connectivity index (χ1v) is 6.31. The monoisotopic (exact) mass is 250 g/mol. The van der Waals surface area contributed by atoms with Crippen LogP contribution in [0, 0.1) is 5.82 Å². The third-order valence-electron chi connectivity index (χ3n) is 3.79. The van der Waals surface area contributed by atoms with Crippen LogP contribution in [0.1, 0.15) is 25.3 Å². The van der Waals surface area contributed by atoms with E-state index >= 15 is 0 Å². The Morgan fingerprint density at radius 2 is 2.22 bits per heavy atom. The van der Waals surface area contributed by atoms with E-state index in [1.165, 1.54) is 6.07 Å². The lowest BCUT2D eigenvalue weighted by molar-refractivity contribution is -0.133. The number of hydrogen-bond acceptors (Lipinski definition) is 2. The van der Waals surface area contributed by atoms with Gasteiger partial charge in [0.2, 0.25) is 5.91 Å². The zero-order chi connectivity index (χ0) is 13.2. The van der Waals surface area contributed by atoms with Crippen LogP contribution in [-0.2, 0) is 11.2 Å². The highest BCUT2D eigenvalue weighted by Crippen LogP contribution is 2.28. The van der Waals surface area contributed by atoms with E-state index in [2.05, 4.69) is 0 Å². The van der Waals surface area contributed by atoms with Gasteiger partial charge in [-0.3, -0.25) is 4.79 Å². The molecule has 1 saturated heterocycles. The number of carbonyl (C=O) groups excluding carboxylic acids is 1. The van der Waals surface area contributed by atoms with E-state index in [0.29, 0.717) is 12.1 Å². The van der Waals surface area contributed by atoms with Gasteiger partial charge in [-0.2, -0.15) is 0 Å². The van der Waals surface area contributed by atoms with Crippen LogP contribution in [-0.4, -0.2) is 29.4 Å². The molecule has 18 heavy (non-hydrogen) atoms. The average Bonchev–Trinajstić information content (AvgIpc) is 2.75. The molecular formula is C14H19FN2O. The zero-order valence-electron chi connectivity index (χ0n) is 10.7. The second-order valence-electron chi connectivity index (χ2n) is 5.12. The molecule has 1 aliphatic rings. The smallest absolute Gasteiger partial charge is 0.227 e. The Hall–Kier alpha value is -1.42. The van der Waals surface area contributed by atoms with E-state index < -0.39 is 0 Å². The summed E-state index contributed by atoms with van der Waals surface area (Å²) in [6.45, 7) is 3.18. The highest BCUT2D eigenvalue weighted by Gasteiger charge is 2.38. The Morgan fingerprint density at radius 3 is 2.89 bits per heavy atom. The normalized spacial score (nSPS) is 23.4. The molecule has 1 heterocycles. The number of carbonyl (C=O) groups is 1. The largest absolute Gasteiger partial charge is 0.336 e. The second-order valence-corrected chi connectivity index (χ2v) is 5.12. The SMILES string of the molecule is CC1(CN)CCCN1C(=O)Cc1ccccc1F. The molecule has 3 nitrogen and oxygen atoms in total. The molecule has 1 unspecified atom stereocenters. The standard InChI is InChI=1S/C14H19FN2O/c1-14(10-16)7-4-8-17(14)13(18)9-11-5-2-3-6-12(11)15/h2-3,5-6H,4,7-10,16H2,1H3. The zero-order valence-corrected chi connectivity index (χ0v) is 10.7. The predicted molar refractivity (Wildman–Crippen MR) is 68.5 cm³/mol. The summed E-state index contributed by atoms with van der Waals surface area (Å²) in [6.07, 6.45) is 2.01. The average molecular weight is 250 g/mol. The van der Waals surface area contributed by atoms with E-state index in [1.54, 1.807) is 23.1 Å². The summed E-state index contributed by atoms with van der Waals surface area (Å²) >= 11 is 0. The molecule has 1 atom stereocenters. The van der Waals surface area contributed by atoms with Crippen LogP contribution >= 0.6 is 0 Å². The third kappa shape index (κ3) is 2.38. The van der Waals surface area contributed by atoms with Gasteiger partial charge in [0.1, 0.15) is 5.82 Å². The van der Waals surface area contributed by atoms with Gasteiger partial charge in [0, 0.05) is 13.1 Å². The van der Waals surface area contributed by atoms with Crippen molar-refractivity contribution in [3.8, 4) is 0 Å². The molecule has 0 radical (unpaired) electrons. The summed E-state index contributed by atoms with van der Waals surface area (Å²) in [4.78, 5) is 14.1. The first-order chi connectivity index (χ1) is 8.57. The molecule has 0 aromatic heterocycles. The van der Waals surface area contributed by atoms with Crippen molar-refractivity contribution >= 4 is 5.91 Å². The van der Waals surface area contributed by atoms with Crippen LogP contribution in [0.4, 0.5) is 4.39 Å². The van der Waals surface area contributed by atoms with Crippen molar-refractivity contribution in [1.29, 1.82) is 0 Å². The molecule has 4 heteroatoms. The van der Waals surface area contributed by atoms with Crippen LogP contribution in [0.5, 0.6) is 0 Å². The Morgan fingerprint density at radius 1 is 1.50 bits per heavy atom. The lowest BCUT2D eigenvalue weighted by Crippen LogP contribution is -2.50. The van der Waals surface area contributed by atoms with Crippen LogP contribution in [0.2, 0.25) is 0 Å². The summed E-state index contributed by atoms with van der Waals surface area (Å²) in [5, 5.41) is 0. The fourth-order valence-corrected chi connectivity index (χ4v) is 2.56. The summed E-state index contributed by atoms with van der Waals surface area (Å²) < 4.78 is 13.5. The summed E-state index contributed by atoms with van der Waals surface area (Å²) in [7, 11) is 0. The Balaban J connectivity index is 2.11. The number of benzene rings is 1. The van der Waals surface area contributed by atoms with E-state index in [9.17, 15) is 9.18 Å². The number of hydrogen-bond donors (Lipinski definition) is 1. The summed E-state index contributed by atoms with van der Waals surface area (Å²) in [5.74, 6) is -0.356. The van der Waals surface area contributed by atoms with Crippen molar-refractivity contribution in [2.24, 2.45) is 5.73 Å². The maximum Gasteiger partial charge on any atom is 0.227 e. The molecule has 1 aromatic carbocycles. The maximum absolute atomic E-state index is 13.5. The molecule has 1 fully saturated rings. The lowest BCUT2D eigenvalue weighted by Gasteiger charge is -2.34. The Kier molecular flexibility index (Phi) is 3.66. The van der Waals surface area contributed by atoms with Crippen LogP contribution in [0.25, 0.3) is 0 Å². The van der Waals surface area contributed by atoms with Gasteiger partial charge < -0.3 is 10.6 Å². The van der Waals surface area contributed by atoms with Gasteiger partial charge in [0.15, 0.2) is 0 Å². The number of nitrogens with zero attached hydrogens (tertiary/aromatic N) is 1. The number of nitrogens with two attached hydrogens (primary N) is 1. The first-order valence-electron chi connectivity index (χ1n) is 6.31. The minimum Gasteiger partial charge on any atom is -0.336 e. The van der Waals surface area contributed by atoms with Crippen molar-refractivity contribution in [2.75, 3.05) is 13.1 Å². The molecule has 0 spiro atoms. The minimum atomic E-state index is -0.320. The van der Waals surface area contributed by atoms with Gasteiger partial charge in [0.05, 0.1) is 12.0 Å². The van der Waals surface area contributed by atoms with Crippen molar-refractivity contribution in [1.82, 2.24) is 4.90 Å². The quantitative estimate of drug-likeness (QED) is 0.887. The maximum atomic E-state index is 13.5. The molecule has 1 aromatic rings. The van der Waals surface area contributed by atoms with Gasteiger partial charge >= 0.3 is 0 Å². The van der Waals surface area contributed by atoms with Gasteiger partial charge in [-0.05, 0) is 31.4 Å². The predicted octanol–water partition coefficient (Wildman–Crippen LogP) is 1.71. The van der Waals surface area contributed by atoms with E-state index in [1.807, 2.05) is 6.92 Å².